The fraction of sp³-hybridized carbons (Fsp3) is 0.857. The second kappa shape index (κ2) is 12.0. The molecule has 0 aromatic carbocycles. The van der Waals surface area contributed by atoms with E-state index < -0.39 is 6.29 Å². The Morgan fingerprint density at radius 3 is 2.38 bits per heavy atom. The third-order valence-corrected chi connectivity index (χ3v) is 7.89. The van der Waals surface area contributed by atoms with Gasteiger partial charge in [0.1, 0.15) is 0 Å². The minimum absolute atomic E-state index is 0.0364. The second-order valence-corrected chi connectivity index (χ2v) is 11.5. The summed E-state index contributed by atoms with van der Waals surface area (Å²) in [5.74, 6) is 0.428. The molecule has 3 aliphatic heterocycles. The molecule has 3 saturated heterocycles. The largest absolute Gasteiger partial charge is 0.368 e. The van der Waals surface area contributed by atoms with Crippen LogP contribution in [0.2, 0.25) is 0 Å². The van der Waals surface area contributed by atoms with Crippen molar-refractivity contribution < 1.29 is 28.8 Å². The molecule has 0 aromatic rings. The van der Waals surface area contributed by atoms with Gasteiger partial charge >= 0.3 is 0 Å². The van der Waals surface area contributed by atoms with Crippen LogP contribution in [0.15, 0.2) is 23.8 Å². The van der Waals surface area contributed by atoms with Crippen LogP contribution in [-0.2, 0) is 23.7 Å². The number of fused-ring (bicyclic) bond motifs is 1. The van der Waals surface area contributed by atoms with Crippen LogP contribution in [0.4, 0.5) is 0 Å². The van der Waals surface area contributed by atoms with Crippen LogP contribution >= 0.6 is 0 Å². The maximum atomic E-state index is 10.1. The first-order chi connectivity index (χ1) is 16.3. The highest BCUT2D eigenvalue weighted by Gasteiger charge is 2.49. The number of aliphatic hydroxyl groups is 1. The van der Waals surface area contributed by atoms with Crippen molar-refractivity contribution in [1.82, 2.24) is 0 Å². The molecule has 0 amide bonds. The molecule has 34 heavy (non-hydrogen) atoms. The first kappa shape index (κ1) is 26.3. The van der Waals surface area contributed by atoms with Crippen molar-refractivity contribution in [2.75, 3.05) is 13.2 Å². The van der Waals surface area contributed by atoms with E-state index >= 15 is 0 Å². The molecule has 1 N–H and O–H groups in total. The normalized spacial score (nSPS) is 37.6. The molecule has 1 saturated carbocycles. The topological polar surface area (TPSA) is 66.4 Å². The van der Waals surface area contributed by atoms with Crippen LogP contribution in [-0.4, -0.2) is 55.5 Å². The Labute approximate surface area is 206 Å². The van der Waals surface area contributed by atoms with Gasteiger partial charge in [-0.3, -0.25) is 0 Å². The summed E-state index contributed by atoms with van der Waals surface area (Å²) in [6.07, 6.45) is 14.7. The van der Waals surface area contributed by atoms with Gasteiger partial charge in [-0.25, -0.2) is 0 Å². The highest BCUT2D eigenvalue weighted by Crippen LogP contribution is 2.46. The molecular formula is C28H46O6. The maximum Gasteiger partial charge on any atom is 0.158 e. The summed E-state index contributed by atoms with van der Waals surface area (Å²) >= 11 is 0. The number of aliphatic hydroxyl groups excluding tert-OH is 1. The van der Waals surface area contributed by atoms with Crippen molar-refractivity contribution in [3.05, 3.63) is 23.8 Å². The molecule has 4 aliphatic rings. The summed E-state index contributed by atoms with van der Waals surface area (Å²) in [5.41, 5.74) is 1.24. The Hall–Kier alpha value is -0.760. The monoisotopic (exact) mass is 478 g/mol. The lowest BCUT2D eigenvalue weighted by atomic mass is 9.81. The Morgan fingerprint density at radius 1 is 1.03 bits per heavy atom. The van der Waals surface area contributed by atoms with Crippen LogP contribution in [0, 0.1) is 17.3 Å². The number of hydrogen-bond acceptors (Lipinski definition) is 6. The number of allylic oxidation sites excluding steroid dienone is 2. The SMILES string of the molecule is CC(C)=CCC(C)(C)[C@@H](/C=C/[C@@H]1[C@H]2CC(O)O[C@H]2C[C@H]1OC1CCCCO1)OC1CCCCO1. The van der Waals surface area contributed by atoms with Crippen LogP contribution < -0.4 is 0 Å². The van der Waals surface area contributed by atoms with Crippen molar-refractivity contribution >= 4 is 0 Å². The van der Waals surface area contributed by atoms with E-state index in [1.54, 1.807) is 0 Å². The van der Waals surface area contributed by atoms with Gasteiger partial charge in [0.15, 0.2) is 18.9 Å². The average Bonchev–Trinajstić information content (AvgIpc) is 3.32. The summed E-state index contributed by atoms with van der Waals surface area (Å²) in [5, 5.41) is 10.1. The van der Waals surface area contributed by atoms with E-state index in [0.717, 1.165) is 64.6 Å². The average molecular weight is 479 g/mol. The fourth-order valence-corrected chi connectivity index (χ4v) is 5.75. The van der Waals surface area contributed by atoms with E-state index in [2.05, 4.69) is 45.9 Å². The van der Waals surface area contributed by atoms with E-state index in [9.17, 15) is 5.11 Å². The minimum atomic E-state index is -0.672. The van der Waals surface area contributed by atoms with E-state index in [1.807, 2.05) is 0 Å². The lowest BCUT2D eigenvalue weighted by Crippen LogP contribution is -2.36. The van der Waals surface area contributed by atoms with Gasteiger partial charge in [0.2, 0.25) is 0 Å². The second-order valence-electron chi connectivity index (χ2n) is 11.5. The predicted molar refractivity (Wildman–Crippen MR) is 131 cm³/mol. The smallest absolute Gasteiger partial charge is 0.158 e. The Kier molecular flexibility index (Phi) is 9.27. The lowest BCUT2D eigenvalue weighted by molar-refractivity contribution is -0.198. The summed E-state index contributed by atoms with van der Waals surface area (Å²) < 4.78 is 30.7. The van der Waals surface area contributed by atoms with Gasteiger partial charge in [-0.2, -0.15) is 0 Å². The highest BCUT2D eigenvalue weighted by molar-refractivity contribution is 5.10. The van der Waals surface area contributed by atoms with Crippen molar-refractivity contribution in [3.63, 3.8) is 0 Å². The molecule has 4 rings (SSSR count). The Bertz CT molecular complexity index is 687. The van der Waals surface area contributed by atoms with E-state index in [-0.39, 0.29) is 48.1 Å². The van der Waals surface area contributed by atoms with Gasteiger partial charge in [-0.15, -0.1) is 0 Å². The standard InChI is InChI=1S/C28H46O6/c1-19(2)13-14-28(3,4)24(34-27-10-6-8-16-31-27)12-11-20-21-17-25(29)32-23(21)18-22(20)33-26-9-5-7-15-30-26/h11-13,20-27,29H,5-10,14-18H2,1-4H3/b12-11+/t20-,21-,22-,23+,24-,25?,26?,27?/m1/s1. The van der Waals surface area contributed by atoms with Crippen molar-refractivity contribution in [3.8, 4) is 0 Å². The molecule has 3 heterocycles. The third-order valence-electron chi connectivity index (χ3n) is 7.89. The summed E-state index contributed by atoms with van der Waals surface area (Å²) in [4.78, 5) is 0. The van der Waals surface area contributed by atoms with Gasteiger partial charge in [0, 0.05) is 32.0 Å². The molecule has 6 nitrogen and oxygen atoms in total. The number of ether oxygens (including phenoxy) is 5. The van der Waals surface area contributed by atoms with Gasteiger partial charge in [-0.05, 0) is 70.1 Å². The van der Waals surface area contributed by atoms with Crippen molar-refractivity contribution in [1.29, 1.82) is 0 Å². The zero-order chi connectivity index (χ0) is 24.1. The molecule has 194 valence electrons. The first-order valence-corrected chi connectivity index (χ1v) is 13.5. The minimum Gasteiger partial charge on any atom is -0.368 e. The van der Waals surface area contributed by atoms with Crippen LogP contribution in [0.3, 0.4) is 0 Å². The third kappa shape index (κ3) is 6.92. The van der Waals surface area contributed by atoms with E-state index in [1.165, 1.54) is 5.57 Å². The van der Waals surface area contributed by atoms with Crippen LogP contribution in [0.25, 0.3) is 0 Å². The summed E-state index contributed by atoms with van der Waals surface area (Å²) in [7, 11) is 0. The molecule has 0 radical (unpaired) electrons. The quantitative estimate of drug-likeness (QED) is 0.442. The van der Waals surface area contributed by atoms with Gasteiger partial charge in [0.25, 0.3) is 0 Å². The fourth-order valence-electron chi connectivity index (χ4n) is 5.75. The van der Waals surface area contributed by atoms with Gasteiger partial charge in [-0.1, -0.05) is 37.6 Å². The van der Waals surface area contributed by atoms with E-state index in [4.69, 9.17) is 23.7 Å². The van der Waals surface area contributed by atoms with Crippen LogP contribution in [0.5, 0.6) is 0 Å². The maximum absolute atomic E-state index is 10.1. The van der Waals surface area contributed by atoms with Crippen molar-refractivity contribution in [2.45, 2.75) is 123 Å². The molecule has 6 heteroatoms. The molecule has 0 spiro atoms. The van der Waals surface area contributed by atoms with E-state index in [0.29, 0.717) is 6.42 Å². The first-order valence-electron chi connectivity index (χ1n) is 13.5. The zero-order valence-electron chi connectivity index (χ0n) is 21.6. The number of hydrogen-bond donors (Lipinski definition) is 1. The molecule has 4 fully saturated rings. The van der Waals surface area contributed by atoms with Gasteiger partial charge < -0.3 is 28.8 Å². The zero-order valence-corrected chi connectivity index (χ0v) is 21.6. The molecule has 0 bridgehead atoms. The molecule has 8 atom stereocenters. The molecular weight excluding hydrogens is 432 g/mol. The Balaban J connectivity index is 1.51. The lowest BCUT2D eigenvalue weighted by Gasteiger charge is -2.36. The summed E-state index contributed by atoms with van der Waals surface area (Å²) in [6, 6.07) is 0. The van der Waals surface area contributed by atoms with Crippen molar-refractivity contribution in [2.24, 2.45) is 17.3 Å². The Morgan fingerprint density at radius 2 is 1.74 bits per heavy atom. The molecule has 0 aromatic heterocycles. The van der Waals surface area contributed by atoms with Crippen LogP contribution in [0.1, 0.15) is 85.5 Å². The highest BCUT2D eigenvalue weighted by atomic mass is 16.7. The molecule has 3 unspecified atom stereocenters. The van der Waals surface area contributed by atoms with Gasteiger partial charge in [0.05, 0.1) is 18.3 Å². The summed E-state index contributed by atoms with van der Waals surface area (Å²) in [6.45, 7) is 10.4. The number of rotatable bonds is 9. The predicted octanol–water partition coefficient (Wildman–Crippen LogP) is 5.49. The molecule has 1 aliphatic carbocycles.